The van der Waals surface area contributed by atoms with Crippen LogP contribution in [0.25, 0.3) is 0 Å². The SMILES string of the molecule is O=C(O)CC(C(=O)C(=O)OCc1ccc([N+](=O)[O-])cc1)(c1ccccc1)S(=O)(=O)O. The first-order valence-electron chi connectivity index (χ1n) is 8.18. The number of nitro groups is 1. The number of nitro benzene ring substituents is 1. The van der Waals surface area contributed by atoms with Crippen molar-refractivity contribution < 1.29 is 42.1 Å². The predicted molar refractivity (Wildman–Crippen MR) is 99.8 cm³/mol. The number of carboxylic acid groups (broad SMARTS) is 1. The first-order valence-corrected chi connectivity index (χ1v) is 9.62. The fourth-order valence-corrected chi connectivity index (χ4v) is 3.74. The third-order valence-corrected chi connectivity index (χ3v) is 5.60. The third kappa shape index (κ3) is 4.67. The van der Waals surface area contributed by atoms with Gasteiger partial charge in [0, 0.05) is 12.1 Å². The van der Waals surface area contributed by atoms with E-state index >= 15 is 0 Å². The molecule has 0 aliphatic rings. The molecule has 30 heavy (non-hydrogen) atoms. The summed E-state index contributed by atoms with van der Waals surface area (Å²) >= 11 is 0. The molecule has 2 N–H and O–H groups in total. The number of aliphatic carboxylic acids is 1. The first kappa shape index (κ1) is 22.6. The minimum absolute atomic E-state index is 0.225. The van der Waals surface area contributed by atoms with Crippen molar-refractivity contribution in [2.45, 2.75) is 17.8 Å². The van der Waals surface area contributed by atoms with Gasteiger partial charge in [0.1, 0.15) is 6.61 Å². The Kier molecular flexibility index (Phi) is 6.64. The van der Waals surface area contributed by atoms with Crippen molar-refractivity contribution in [2.75, 3.05) is 0 Å². The molecule has 0 radical (unpaired) electrons. The lowest BCUT2D eigenvalue weighted by Crippen LogP contribution is -2.49. The van der Waals surface area contributed by atoms with Gasteiger partial charge in [-0.2, -0.15) is 8.42 Å². The van der Waals surface area contributed by atoms with E-state index in [2.05, 4.69) is 0 Å². The van der Waals surface area contributed by atoms with E-state index < -0.39 is 56.1 Å². The van der Waals surface area contributed by atoms with Crippen molar-refractivity contribution in [1.82, 2.24) is 0 Å². The van der Waals surface area contributed by atoms with Gasteiger partial charge in [0.2, 0.25) is 4.75 Å². The van der Waals surface area contributed by atoms with Crippen molar-refractivity contribution in [3.05, 3.63) is 75.8 Å². The van der Waals surface area contributed by atoms with Crippen LogP contribution in [0.4, 0.5) is 5.69 Å². The number of nitrogens with zero attached hydrogens (tertiary/aromatic N) is 1. The number of carbonyl (C=O) groups is 3. The lowest BCUT2D eigenvalue weighted by atomic mass is 9.90. The lowest BCUT2D eigenvalue weighted by Gasteiger charge is -2.27. The molecule has 0 aliphatic heterocycles. The highest BCUT2D eigenvalue weighted by Crippen LogP contribution is 2.35. The number of esters is 1. The van der Waals surface area contributed by atoms with E-state index in [-0.39, 0.29) is 11.3 Å². The molecule has 0 spiro atoms. The number of ether oxygens (including phenoxy) is 1. The molecule has 2 aromatic rings. The van der Waals surface area contributed by atoms with Crippen LogP contribution in [0, 0.1) is 10.1 Å². The standard InChI is InChI=1S/C18H15NO10S/c20-15(21)10-18(30(26,27)28,13-4-2-1-3-5-13)16(22)17(23)29-11-12-6-8-14(9-7-12)19(24)25/h1-9H,10-11H2,(H,20,21)(H,26,27,28). The number of non-ortho nitro benzene ring substituents is 1. The zero-order chi connectivity index (χ0) is 22.5. The molecule has 2 rings (SSSR count). The second-order valence-corrected chi connectivity index (χ2v) is 7.71. The molecule has 0 saturated heterocycles. The molecule has 12 heteroatoms. The van der Waals surface area contributed by atoms with Crippen LogP contribution in [0.1, 0.15) is 17.5 Å². The van der Waals surface area contributed by atoms with Gasteiger partial charge in [-0.15, -0.1) is 0 Å². The maximum atomic E-state index is 12.7. The van der Waals surface area contributed by atoms with E-state index in [1.165, 1.54) is 30.3 Å². The van der Waals surface area contributed by atoms with Gasteiger partial charge in [0.25, 0.3) is 21.6 Å². The van der Waals surface area contributed by atoms with Gasteiger partial charge in [-0.05, 0) is 23.3 Å². The molecule has 0 heterocycles. The molecule has 1 unspecified atom stereocenters. The summed E-state index contributed by atoms with van der Waals surface area (Å²) in [5, 5.41) is 19.8. The fourth-order valence-electron chi connectivity index (χ4n) is 2.68. The third-order valence-electron chi connectivity index (χ3n) is 4.15. The Bertz CT molecular complexity index is 1080. The Hall–Kier alpha value is -3.64. The minimum atomic E-state index is -5.42. The molecular weight excluding hydrogens is 422 g/mol. The molecule has 158 valence electrons. The van der Waals surface area contributed by atoms with Crippen LogP contribution in [-0.4, -0.2) is 40.7 Å². The Labute approximate surface area is 169 Å². The van der Waals surface area contributed by atoms with Crippen LogP contribution in [0.5, 0.6) is 0 Å². The predicted octanol–water partition coefficient (Wildman–Crippen LogP) is 1.47. The number of carbonyl (C=O) groups excluding carboxylic acids is 2. The number of hydrogen-bond acceptors (Lipinski definition) is 8. The molecule has 0 aliphatic carbocycles. The van der Waals surface area contributed by atoms with Gasteiger partial charge in [-0.25, -0.2) is 4.79 Å². The summed E-state index contributed by atoms with van der Waals surface area (Å²) in [5.41, 5.74) is -0.401. The van der Waals surface area contributed by atoms with E-state index in [4.69, 9.17) is 9.84 Å². The van der Waals surface area contributed by atoms with E-state index in [0.717, 1.165) is 24.3 Å². The molecule has 11 nitrogen and oxygen atoms in total. The zero-order valence-electron chi connectivity index (χ0n) is 15.1. The van der Waals surface area contributed by atoms with Crippen LogP contribution < -0.4 is 0 Å². The Morgan fingerprint density at radius 3 is 2.07 bits per heavy atom. The van der Waals surface area contributed by atoms with E-state index in [9.17, 15) is 37.5 Å². The van der Waals surface area contributed by atoms with Gasteiger partial charge in [-0.1, -0.05) is 30.3 Å². The van der Waals surface area contributed by atoms with Crippen LogP contribution in [-0.2, 0) is 40.6 Å². The topological polar surface area (TPSA) is 178 Å². The number of benzene rings is 2. The Morgan fingerprint density at radius 1 is 1.03 bits per heavy atom. The Morgan fingerprint density at radius 2 is 1.60 bits per heavy atom. The molecule has 0 amide bonds. The molecule has 0 fully saturated rings. The number of rotatable bonds is 9. The summed E-state index contributed by atoms with van der Waals surface area (Å²) in [6.07, 6.45) is -1.42. The maximum Gasteiger partial charge on any atom is 0.377 e. The van der Waals surface area contributed by atoms with Crippen LogP contribution in [0.2, 0.25) is 0 Å². The summed E-state index contributed by atoms with van der Waals surface area (Å²) in [5.74, 6) is -5.25. The van der Waals surface area contributed by atoms with Gasteiger partial charge < -0.3 is 9.84 Å². The highest BCUT2D eigenvalue weighted by Gasteiger charge is 2.56. The number of hydrogen-bond donors (Lipinski definition) is 2. The highest BCUT2D eigenvalue weighted by atomic mass is 32.2. The monoisotopic (exact) mass is 437 g/mol. The number of carboxylic acids is 1. The van der Waals surface area contributed by atoms with Crippen molar-refractivity contribution in [2.24, 2.45) is 0 Å². The van der Waals surface area contributed by atoms with Gasteiger partial charge in [0.05, 0.1) is 11.3 Å². The van der Waals surface area contributed by atoms with Crippen molar-refractivity contribution >= 4 is 33.5 Å². The van der Waals surface area contributed by atoms with Crippen molar-refractivity contribution in [1.29, 1.82) is 0 Å². The van der Waals surface area contributed by atoms with E-state index in [0.29, 0.717) is 0 Å². The molecule has 0 bridgehead atoms. The number of ketones is 1. The van der Waals surface area contributed by atoms with Crippen LogP contribution in [0.15, 0.2) is 54.6 Å². The molecule has 0 aromatic heterocycles. The smallest absolute Gasteiger partial charge is 0.377 e. The maximum absolute atomic E-state index is 12.7. The summed E-state index contributed by atoms with van der Waals surface area (Å²) in [7, 11) is -5.42. The van der Waals surface area contributed by atoms with Gasteiger partial charge >= 0.3 is 11.9 Å². The van der Waals surface area contributed by atoms with Crippen molar-refractivity contribution in [3.63, 3.8) is 0 Å². The molecule has 2 aromatic carbocycles. The summed E-state index contributed by atoms with van der Waals surface area (Å²) in [6, 6.07) is 11.0. The average Bonchev–Trinajstić information content (AvgIpc) is 2.69. The Balaban J connectivity index is 2.36. The molecule has 0 saturated carbocycles. The minimum Gasteiger partial charge on any atom is -0.481 e. The second kappa shape index (κ2) is 8.80. The zero-order valence-corrected chi connectivity index (χ0v) is 15.9. The molecular formula is C18H15NO10S. The van der Waals surface area contributed by atoms with Crippen LogP contribution >= 0.6 is 0 Å². The fraction of sp³-hybridized carbons (Fsp3) is 0.167. The van der Waals surface area contributed by atoms with Gasteiger partial charge in [0.15, 0.2) is 0 Å². The van der Waals surface area contributed by atoms with Gasteiger partial charge in [-0.3, -0.25) is 24.3 Å². The average molecular weight is 437 g/mol. The second-order valence-electron chi connectivity index (χ2n) is 6.07. The van der Waals surface area contributed by atoms with E-state index in [1.807, 2.05) is 0 Å². The molecule has 1 atom stereocenters. The van der Waals surface area contributed by atoms with Crippen LogP contribution in [0.3, 0.4) is 0 Å². The first-order chi connectivity index (χ1) is 14.0. The largest absolute Gasteiger partial charge is 0.481 e. The summed E-state index contributed by atoms with van der Waals surface area (Å²) < 4.78 is 35.6. The van der Waals surface area contributed by atoms with Crippen molar-refractivity contribution in [3.8, 4) is 0 Å². The highest BCUT2D eigenvalue weighted by molar-refractivity contribution is 7.87. The summed E-state index contributed by atoms with van der Waals surface area (Å²) in [4.78, 5) is 46.3. The van der Waals surface area contributed by atoms with E-state index in [1.54, 1.807) is 0 Å². The number of Topliss-reactive ketones (excluding diaryl/α,β-unsaturated/α-hetero) is 1. The lowest BCUT2D eigenvalue weighted by molar-refractivity contribution is -0.384. The normalized spacial score (nSPS) is 13.1. The summed E-state index contributed by atoms with van der Waals surface area (Å²) in [6.45, 7) is -0.550. The quantitative estimate of drug-likeness (QED) is 0.192.